The lowest BCUT2D eigenvalue weighted by Crippen LogP contribution is -2.06. The van der Waals surface area contributed by atoms with E-state index in [2.05, 4.69) is 34.4 Å². The Hall–Kier alpha value is -1.64. The molecule has 0 saturated carbocycles. The van der Waals surface area contributed by atoms with Gasteiger partial charge in [-0.05, 0) is 25.0 Å². The molecule has 2 rings (SSSR count). The molecule has 0 bridgehead atoms. The highest BCUT2D eigenvalue weighted by Gasteiger charge is 2.04. The minimum absolute atomic E-state index is 0.821. The molecule has 0 N–H and O–H groups in total. The molecule has 2 aromatic heterocycles. The highest BCUT2D eigenvalue weighted by molar-refractivity contribution is 5.18. The van der Waals surface area contributed by atoms with E-state index in [9.17, 15) is 0 Å². The van der Waals surface area contributed by atoms with E-state index >= 15 is 0 Å². The second kappa shape index (κ2) is 4.92. The number of aromatic nitrogens is 3. The Morgan fingerprint density at radius 3 is 2.88 bits per heavy atom. The molecule has 0 atom stereocenters. The van der Waals surface area contributed by atoms with Gasteiger partial charge in [-0.2, -0.15) is 0 Å². The second-order valence-corrected chi connectivity index (χ2v) is 3.99. The van der Waals surface area contributed by atoms with Crippen molar-refractivity contribution < 1.29 is 0 Å². The van der Waals surface area contributed by atoms with Crippen molar-refractivity contribution in [1.82, 2.24) is 14.5 Å². The van der Waals surface area contributed by atoms with Crippen LogP contribution in [0.3, 0.4) is 0 Å². The largest absolute Gasteiger partial charge is 0.329 e. The fourth-order valence-electron chi connectivity index (χ4n) is 1.78. The van der Waals surface area contributed by atoms with Crippen LogP contribution in [0.4, 0.5) is 0 Å². The average molecular weight is 215 g/mol. The fourth-order valence-corrected chi connectivity index (χ4v) is 1.78. The third-order valence-electron chi connectivity index (χ3n) is 2.71. The number of pyridine rings is 1. The topological polar surface area (TPSA) is 30.7 Å². The predicted octanol–water partition coefficient (Wildman–Crippen LogP) is 2.59. The lowest BCUT2D eigenvalue weighted by molar-refractivity contribution is 0.690. The van der Waals surface area contributed by atoms with Gasteiger partial charge in [-0.3, -0.25) is 4.98 Å². The first-order valence-corrected chi connectivity index (χ1v) is 5.71. The zero-order chi connectivity index (χ0) is 11.4. The van der Waals surface area contributed by atoms with Crippen molar-refractivity contribution in [2.75, 3.05) is 0 Å². The summed E-state index contributed by atoms with van der Waals surface area (Å²) in [6, 6.07) is 4.07. The smallest absolute Gasteiger partial charge is 0.108 e. The summed E-state index contributed by atoms with van der Waals surface area (Å²) in [5, 5.41) is 0. The summed E-state index contributed by atoms with van der Waals surface area (Å²) in [6.45, 7) is 5.09. The van der Waals surface area contributed by atoms with E-state index in [4.69, 9.17) is 0 Å². The first-order chi connectivity index (χ1) is 7.81. The standard InChI is InChI=1S/C13H17N3/c1-3-5-13-15-8-9-16(13)10-12-11(2)6-4-7-14-12/h4,6-9H,3,5,10H2,1-2H3. The summed E-state index contributed by atoms with van der Waals surface area (Å²) in [4.78, 5) is 8.77. The molecule has 0 radical (unpaired) electrons. The molecule has 0 spiro atoms. The van der Waals surface area contributed by atoms with Gasteiger partial charge >= 0.3 is 0 Å². The highest BCUT2D eigenvalue weighted by Crippen LogP contribution is 2.08. The summed E-state index contributed by atoms with van der Waals surface area (Å²) < 4.78 is 2.18. The normalized spacial score (nSPS) is 10.6. The number of hydrogen-bond donors (Lipinski definition) is 0. The molecule has 0 amide bonds. The number of hydrogen-bond acceptors (Lipinski definition) is 2. The van der Waals surface area contributed by atoms with Crippen LogP contribution in [0.1, 0.15) is 30.4 Å². The van der Waals surface area contributed by atoms with E-state index in [0.29, 0.717) is 0 Å². The van der Waals surface area contributed by atoms with Crippen molar-refractivity contribution in [2.45, 2.75) is 33.2 Å². The number of rotatable bonds is 4. The predicted molar refractivity (Wildman–Crippen MR) is 64.3 cm³/mol. The van der Waals surface area contributed by atoms with Crippen molar-refractivity contribution in [3.63, 3.8) is 0 Å². The van der Waals surface area contributed by atoms with Gasteiger partial charge in [0.2, 0.25) is 0 Å². The number of nitrogens with zero attached hydrogens (tertiary/aromatic N) is 3. The SMILES string of the molecule is CCCc1nccn1Cc1ncccc1C. The Labute approximate surface area is 96.2 Å². The molecule has 0 unspecified atom stereocenters. The first kappa shape index (κ1) is 10.9. The maximum atomic E-state index is 4.41. The van der Waals surface area contributed by atoms with Gasteiger partial charge in [-0.15, -0.1) is 0 Å². The van der Waals surface area contributed by atoms with E-state index in [-0.39, 0.29) is 0 Å². The maximum absolute atomic E-state index is 4.41. The Balaban J connectivity index is 2.20. The molecule has 3 heteroatoms. The molecule has 84 valence electrons. The van der Waals surface area contributed by atoms with Gasteiger partial charge in [0, 0.05) is 25.0 Å². The Kier molecular flexibility index (Phi) is 3.34. The van der Waals surface area contributed by atoms with Crippen molar-refractivity contribution >= 4 is 0 Å². The third-order valence-corrected chi connectivity index (χ3v) is 2.71. The summed E-state index contributed by atoms with van der Waals surface area (Å²) in [5.41, 5.74) is 2.36. The zero-order valence-electron chi connectivity index (χ0n) is 9.85. The van der Waals surface area contributed by atoms with Crippen LogP contribution in [-0.2, 0) is 13.0 Å². The molecule has 0 aliphatic carbocycles. The molecule has 2 aromatic rings. The second-order valence-electron chi connectivity index (χ2n) is 3.99. The molecule has 3 nitrogen and oxygen atoms in total. The van der Waals surface area contributed by atoms with E-state index in [1.807, 2.05) is 24.7 Å². The van der Waals surface area contributed by atoms with Crippen LogP contribution in [-0.4, -0.2) is 14.5 Å². The van der Waals surface area contributed by atoms with Crippen LogP contribution in [0, 0.1) is 6.92 Å². The van der Waals surface area contributed by atoms with Gasteiger partial charge in [0.05, 0.1) is 12.2 Å². The minimum Gasteiger partial charge on any atom is -0.329 e. The van der Waals surface area contributed by atoms with Gasteiger partial charge in [0.1, 0.15) is 5.82 Å². The molecule has 0 aliphatic rings. The summed E-state index contributed by atoms with van der Waals surface area (Å²) in [5.74, 6) is 1.15. The van der Waals surface area contributed by atoms with E-state index in [1.165, 1.54) is 5.56 Å². The van der Waals surface area contributed by atoms with Gasteiger partial charge in [0.15, 0.2) is 0 Å². The van der Waals surface area contributed by atoms with Crippen LogP contribution < -0.4 is 0 Å². The summed E-state index contributed by atoms with van der Waals surface area (Å²) in [6.07, 6.45) is 7.89. The zero-order valence-corrected chi connectivity index (χ0v) is 9.85. The molecule has 16 heavy (non-hydrogen) atoms. The number of imidazole rings is 1. The van der Waals surface area contributed by atoms with Crippen LogP contribution in [0.15, 0.2) is 30.7 Å². The van der Waals surface area contributed by atoms with Gasteiger partial charge in [-0.1, -0.05) is 13.0 Å². The Morgan fingerprint density at radius 1 is 1.25 bits per heavy atom. The quantitative estimate of drug-likeness (QED) is 0.784. The van der Waals surface area contributed by atoms with Crippen molar-refractivity contribution in [1.29, 1.82) is 0 Å². The Morgan fingerprint density at radius 2 is 2.12 bits per heavy atom. The van der Waals surface area contributed by atoms with E-state index in [0.717, 1.165) is 30.9 Å². The van der Waals surface area contributed by atoms with Gasteiger partial charge in [0.25, 0.3) is 0 Å². The molecule has 0 aliphatic heterocycles. The monoisotopic (exact) mass is 215 g/mol. The molecule has 2 heterocycles. The van der Waals surface area contributed by atoms with Crippen molar-refractivity contribution in [3.8, 4) is 0 Å². The average Bonchev–Trinajstić information content (AvgIpc) is 2.70. The lowest BCUT2D eigenvalue weighted by Gasteiger charge is -2.08. The van der Waals surface area contributed by atoms with Crippen molar-refractivity contribution in [2.24, 2.45) is 0 Å². The maximum Gasteiger partial charge on any atom is 0.108 e. The highest BCUT2D eigenvalue weighted by atomic mass is 15.1. The number of aryl methyl sites for hydroxylation is 2. The summed E-state index contributed by atoms with van der Waals surface area (Å²) >= 11 is 0. The fraction of sp³-hybridized carbons (Fsp3) is 0.385. The Bertz CT molecular complexity index is 460. The third kappa shape index (κ3) is 2.30. The molecule has 0 saturated heterocycles. The first-order valence-electron chi connectivity index (χ1n) is 5.71. The van der Waals surface area contributed by atoms with E-state index in [1.54, 1.807) is 0 Å². The van der Waals surface area contributed by atoms with Crippen LogP contribution in [0.2, 0.25) is 0 Å². The summed E-state index contributed by atoms with van der Waals surface area (Å²) in [7, 11) is 0. The van der Waals surface area contributed by atoms with Crippen molar-refractivity contribution in [3.05, 3.63) is 47.8 Å². The van der Waals surface area contributed by atoms with Gasteiger partial charge in [-0.25, -0.2) is 4.98 Å². The molecular weight excluding hydrogens is 198 g/mol. The molecule has 0 fully saturated rings. The van der Waals surface area contributed by atoms with Gasteiger partial charge < -0.3 is 4.57 Å². The lowest BCUT2D eigenvalue weighted by atomic mass is 10.2. The van der Waals surface area contributed by atoms with Crippen LogP contribution in [0.25, 0.3) is 0 Å². The van der Waals surface area contributed by atoms with Crippen LogP contribution in [0.5, 0.6) is 0 Å². The molecular formula is C13H17N3. The van der Waals surface area contributed by atoms with E-state index < -0.39 is 0 Å². The molecule has 0 aromatic carbocycles. The van der Waals surface area contributed by atoms with Crippen LogP contribution >= 0.6 is 0 Å². The minimum atomic E-state index is 0.821.